The lowest BCUT2D eigenvalue weighted by molar-refractivity contribution is 0.203. The van der Waals surface area contributed by atoms with Gasteiger partial charge in [0, 0.05) is 38.9 Å². The van der Waals surface area contributed by atoms with Crippen molar-refractivity contribution in [2.75, 3.05) is 26.7 Å². The van der Waals surface area contributed by atoms with E-state index < -0.39 is 0 Å². The second-order valence-electron chi connectivity index (χ2n) is 7.71. The average molecular weight is 332 g/mol. The van der Waals surface area contributed by atoms with Crippen molar-refractivity contribution in [3.63, 3.8) is 0 Å². The lowest BCUT2D eigenvalue weighted by Crippen LogP contribution is -2.42. The fraction of sp³-hybridized carbons (Fsp3) is 0.789. The molecule has 1 aliphatic heterocycles. The summed E-state index contributed by atoms with van der Waals surface area (Å²) in [7, 11) is 1.91. The Labute approximate surface area is 146 Å². The molecule has 0 aromatic carbocycles. The molecule has 1 saturated heterocycles. The van der Waals surface area contributed by atoms with Crippen molar-refractivity contribution in [2.24, 2.45) is 10.4 Å². The molecule has 1 aromatic heterocycles. The van der Waals surface area contributed by atoms with Crippen LogP contribution in [0, 0.1) is 19.3 Å². The van der Waals surface area contributed by atoms with Crippen molar-refractivity contribution in [1.29, 1.82) is 0 Å². The Hall–Kier alpha value is -1.52. The normalized spacial score (nSPS) is 20.8. The fourth-order valence-corrected chi connectivity index (χ4v) is 4.49. The van der Waals surface area contributed by atoms with E-state index in [4.69, 9.17) is 0 Å². The molecule has 0 amide bonds. The lowest BCUT2D eigenvalue weighted by atomic mass is 9.73. The van der Waals surface area contributed by atoms with Crippen LogP contribution in [0.15, 0.2) is 11.1 Å². The van der Waals surface area contributed by atoms with Gasteiger partial charge in [-0.1, -0.05) is 19.3 Å². The quantitative estimate of drug-likeness (QED) is 0.524. The molecule has 2 aliphatic rings. The first-order valence-electron chi connectivity index (χ1n) is 9.59. The summed E-state index contributed by atoms with van der Waals surface area (Å²) in [5, 5.41) is 8.09. The van der Waals surface area contributed by atoms with Crippen LogP contribution in [0.5, 0.6) is 0 Å². The van der Waals surface area contributed by atoms with Gasteiger partial charge in [0.2, 0.25) is 0 Å². The highest BCUT2D eigenvalue weighted by Crippen LogP contribution is 2.43. The zero-order valence-electron chi connectivity index (χ0n) is 15.6. The molecule has 0 unspecified atom stereocenters. The van der Waals surface area contributed by atoms with Gasteiger partial charge in [0.05, 0.1) is 5.69 Å². The summed E-state index contributed by atoms with van der Waals surface area (Å²) in [4.78, 5) is 7.00. The van der Waals surface area contributed by atoms with Gasteiger partial charge in [-0.25, -0.2) is 0 Å². The standard InChI is InChI=1S/C19H33N5/c1-16-14-17(2)24(22-16)12-7-11-21-18(20-3)23-13-10-19(15-23)8-5-4-6-9-19/h14H,4-13,15H2,1-3H3,(H,20,21). The van der Waals surface area contributed by atoms with Crippen LogP contribution >= 0.6 is 0 Å². The molecule has 2 fully saturated rings. The predicted octanol–water partition coefficient (Wildman–Crippen LogP) is 3.12. The first-order chi connectivity index (χ1) is 11.6. The Morgan fingerprint density at radius 3 is 2.71 bits per heavy atom. The molecule has 1 saturated carbocycles. The largest absolute Gasteiger partial charge is 0.356 e. The molecule has 0 bridgehead atoms. The van der Waals surface area contributed by atoms with E-state index in [-0.39, 0.29) is 0 Å². The number of nitrogens with zero attached hydrogens (tertiary/aromatic N) is 4. The predicted molar refractivity (Wildman–Crippen MR) is 99.4 cm³/mol. The molecule has 3 rings (SSSR count). The van der Waals surface area contributed by atoms with Gasteiger partial charge in [-0.2, -0.15) is 5.10 Å². The zero-order valence-corrected chi connectivity index (χ0v) is 15.6. The van der Waals surface area contributed by atoms with Crippen LogP contribution in [0.1, 0.15) is 56.3 Å². The van der Waals surface area contributed by atoms with Crippen LogP contribution < -0.4 is 5.32 Å². The number of hydrogen-bond donors (Lipinski definition) is 1. The number of aryl methyl sites for hydroxylation is 3. The Morgan fingerprint density at radius 1 is 1.25 bits per heavy atom. The monoisotopic (exact) mass is 331 g/mol. The minimum atomic E-state index is 0.583. The van der Waals surface area contributed by atoms with Gasteiger partial charge in [-0.3, -0.25) is 9.67 Å². The van der Waals surface area contributed by atoms with E-state index in [0.29, 0.717) is 5.41 Å². The van der Waals surface area contributed by atoms with Crippen molar-refractivity contribution in [1.82, 2.24) is 20.0 Å². The maximum absolute atomic E-state index is 4.53. The van der Waals surface area contributed by atoms with Crippen LogP contribution in [0.2, 0.25) is 0 Å². The SMILES string of the molecule is CN=C(NCCCn1nc(C)cc1C)N1CCC2(CCCCC2)C1. The van der Waals surface area contributed by atoms with Crippen molar-refractivity contribution in [2.45, 2.75) is 65.3 Å². The van der Waals surface area contributed by atoms with Crippen LogP contribution in [-0.4, -0.2) is 47.3 Å². The van der Waals surface area contributed by atoms with Gasteiger partial charge < -0.3 is 10.2 Å². The molecule has 24 heavy (non-hydrogen) atoms. The summed E-state index contributed by atoms with van der Waals surface area (Å²) in [6.07, 6.45) is 9.52. The second-order valence-corrected chi connectivity index (χ2v) is 7.71. The molecule has 0 radical (unpaired) electrons. The molecule has 5 heteroatoms. The zero-order chi connectivity index (χ0) is 17.0. The molecule has 134 valence electrons. The Kier molecular flexibility index (Phi) is 5.47. The highest BCUT2D eigenvalue weighted by atomic mass is 15.3. The summed E-state index contributed by atoms with van der Waals surface area (Å²) in [6.45, 7) is 8.46. The van der Waals surface area contributed by atoms with E-state index in [1.807, 2.05) is 7.05 Å². The van der Waals surface area contributed by atoms with E-state index in [1.165, 1.54) is 50.8 Å². The fourth-order valence-electron chi connectivity index (χ4n) is 4.49. The highest BCUT2D eigenvalue weighted by molar-refractivity contribution is 5.80. The van der Waals surface area contributed by atoms with Gasteiger partial charge in [0.25, 0.3) is 0 Å². The Morgan fingerprint density at radius 2 is 2.04 bits per heavy atom. The first kappa shape index (κ1) is 17.3. The smallest absolute Gasteiger partial charge is 0.193 e. The third kappa shape index (κ3) is 3.93. The third-order valence-corrected chi connectivity index (χ3v) is 5.80. The Balaban J connectivity index is 1.45. The number of hydrogen-bond acceptors (Lipinski definition) is 2. The van der Waals surface area contributed by atoms with Crippen LogP contribution in [0.3, 0.4) is 0 Å². The number of rotatable bonds is 4. The molecule has 2 heterocycles. The van der Waals surface area contributed by atoms with Crippen molar-refractivity contribution < 1.29 is 0 Å². The van der Waals surface area contributed by atoms with E-state index in [2.05, 4.69) is 44.9 Å². The molecule has 5 nitrogen and oxygen atoms in total. The summed E-state index contributed by atoms with van der Waals surface area (Å²) in [6, 6.07) is 2.14. The van der Waals surface area contributed by atoms with Gasteiger partial charge in [0.1, 0.15) is 0 Å². The molecule has 1 spiro atoms. The number of aromatic nitrogens is 2. The lowest BCUT2D eigenvalue weighted by Gasteiger charge is -2.33. The van der Waals surface area contributed by atoms with Gasteiger partial charge in [-0.05, 0) is 51.0 Å². The first-order valence-corrected chi connectivity index (χ1v) is 9.59. The van der Waals surface area contributed by atoms with Gasteiger partial charge >= 0.3 is 0 Å². The molecule has 0 atom stereocenters. The molecular formula is C19H33N5. The van der Waals surface area contributed by atoms with E-state index in [1.54, 1.807) is 0 Å². The number of guanidine groups is 1. The van der Waals surface area contributed by atoms with Crippen LogP contribution in [-0.2, 0) is 6.54 Å². The van der Waals surface area contributed by atoms with Crippen molar-refractivity contribution in [3.8, 4) is 0 Å². The van der Waals surface area contributed by atoms with E-state index in [9.17, 15) is 0 Å². The summed E-state index contributed by atoms with van der Waals surface area (Å²) < 4.78 is 2.10. The van der Waals surface area contributed by atoms with E-state index in [0.717, 1.165) is 37.7 Å². The molecule has 1 N–H and O–H groups in total. The van der Waals surface area contributed by atoms with Gasteiger partial charge in [-0.15, -0.1) is 0 Å². The second kappa shape index (κ2) is 7.58. The topological polar surface area (TPSA) is 45.5 Å². The summed E-state index contributed by atoms with van der Waals surface area (Å²) in [5.41, 5.74) is 2.93. The van der Waals surface area contributed by atoms with Crippen LogP contribution in [0.4, 0.5) is 0 Å². The van der Waals surface area contributed by atoms with Crippen molar-refractivity contribution in [3.05, 3.63) is 17.5 Å². The minimum absolute atomic E-state index is 0.583. The molecular weight excluding hydrogens is 298 g/mol. The third-order valence-electron chi connectivity index (χ3n) is 5.80. The molecule has 1 aliphatic carbocycles. The summed E-state index contributed by atoms with van der Waals surface area (Å²) >= 11 is 0. The maximum Gasteiger partial charge on any atom is 0.193 e. The van der Waals surface area contributed by atoms with E-state index >= 15 is 0 Å². The average Bonchev–Trinajstić information content (AvgIpc) is 3.11. The number of aliphatic imine (C=N–C) groups is 1. The molecule has 1 aromatic rings. The van der Waals surface area contributed by atoms with Crippen LogP contribution in [0.25, 0.3) is 0 Å². The highest BCUT2D eigenvalue weighted by Gasteiger charge is 2.39. The van der Waals surface area contributed by atoms with Crippen molar-refractivity contribution >= 4 is 5.96 Å². The Bertz CT molecular complexity index is 568. The number of likely N-dealkylation sites (tertiary alicyclic amines) is 1. The van der Waals surface area contributed by atoms with Gasteiger partial charge in [0.15, 0.2) is 5.96 Å². The maximum atomic E-state index is 4.53. The minimum Gasteiger partial charge on any atom is -0.356 e. The summed E-state index contributed by atoms with van der Waals surface area (Å²) in [5.74, 6) is 1.09. The number of nitrogens with one attached hydrogen (secondary N) is 1.